The minimum Gasteiger partial charge on any atom is -0.383 e. The second-order valence-corrected chi connectivity index (χ2v) is 9.21. The van der Waals surface area contributed by atoms with E-state index >= 15 is 0 Å². The number of aromatic nitrogens is 4. The van der Waals surface area contributed by atoms with Crippen molar-refractivity contribution in [3.05, 3.63) is 59.9 Å². The molecule has 1 aromatic carbocycles. The minimum atomic E-state index is -4.57. The summed E-state index contributed by atoms with van der Waals surface area (Å²) < 4.78 is 40.7. The molecule has 3 aromatic rings. The van der Waals surface area contributed by atoms with Crippen LogP contribution in [0.1, 0.15) is 49.6 Å². The minimum absolute atomic E-state index is 0.0609. The fraction of sp³-hybridized carbons (Fsp3) is 0.417. The van der Waals surface area contributed by atoms with Gasteiger partial charge < -0.3 is 20.7 Å². The van der Waals surface area contributed by atoms with Crippen LogP contribution in [-0.4, -0.2) is 30.5 Å². The van der Waals surface area contributed by atoms with Gasteiger partial charge in [-0.2, -0.15) is 13.2 Å². The van der Waals surface area contributed by atoms with E-state index in [1.807, 2.05) is 13.0 Å². The van der Waals surface area contributed by atoms with Gasteiger partial charge in [0.2, 0.25) is 11.9 Å². The Morgan fingerprint density at radius 2 is 1.86 bits per heavy atom. The van der Waals surface area contributed by atoms with Gasteiger partial charge in [-0.15, -0.1) is 0 Å². The van der Waals surface area contributed by atoms with Gasteiger partial charge >= 0.3 is 6.18 Å². The maximum Gasteiger partial charge on any atom is 0.433 e. The SMILES string of the molecule is Cc1cc(Nc2nccc(C(F)(F)F)n2)cc(-n2cnc(C(C)(O)[C@H]3CC[C@H](C(N)=O)CC3)c2)c1. The molecule has 2 heterocycles. The molecule has 186 valence electrons. The molecule has 1 aliphatic carbocycles. The number of nitrogens with two attached hydrogens (primary N) is 1. The highest BCUT2D eigenvalue weighted by Crippen LogP contribution is 2.40. The van der Waals surface area contributed by atoms with Gasteiger partial charge in [0, 0.05) is 29.7 Å². The molecule has 35 heavy (non-hydrogen) atoms. The third-order valence-electron chi connectivity index (χ3n) is 6.59. The molecule has 4 N–H and O–H groups in total. The molecular weight excluding hydrogens is 461 g/mol. The Labute approximate surface area is 200 Å². The summed E-state index contributed by atoms with van der Waals surface area (Å²) in [5.41, 5.74) is 5.75. The Bertz CT molecular complexity index is 1220. The van der Waals surface area contributed by atoms with E-state index in [2.05, 4.69) is 20.3 Å². The van der Waals surface area contributed by atoms with Crippen molar-refractivity contribution in [2.45, 2.75) is 51.3 Å². The standard InChI is InChI=1S/C24H27F3N6O2/c1-14-9-17(31-22-29-8-7-19(32-22)24(25,26)27)11-18(10-14)33-12-20(30-13-33)23(2,35)16-5-3-15(4-6-16)21(28)34/h7-13,15-16,35H,3-6H2,1-2H3,(H2,28,34)(H,29,31,32)/t15-,16-,23?. The van der Waals surface area contributed by atoms with Gasteiger partial charge in [-0.25, -0.2) is 15.0 Å². The number of nitrogens with one attached hydrogen (secondary N) is 1. The fourth-order valence-electron chi connectivity index (χ4n) is 4.56. The zero-order chi connectivity index (χ0) is 25.4. The predicted molar refractivity (Wildman–Crippen MR) is 123 cm³/mol. The molecule has 0 aliphatic heterocycles. The molecular formula is C24H27F3N6O2. The van der Waals surface area contributed by atoms with Crippen molar-refractivity contribution in [2.24, 2.45) is 17.6 Å². The molecule has 0 spiro atoms. The van der Waals surface area contributed by atoms with Crippen molar-refractivity contribution < 1.29 is 23.1 Å². The lowest BCUT2D eigenvalue weighted by molar-refractivity contribution is -0.141. The van der Waals surface area contributed by atoms with Crippen molar-refractivity contribution >= 4 is 17.5 Å². The molecule has 1 amide bonds. The highest BCUT2D eigenvalue weighted by atomic mass is 19.4. The highest BCUT2D eigenvalue weighted by Gasteiger charge is 2.39. The van der Waals surface area contributed by atoms with E-state index in [1.54, 1.807) is 36.1 Å². The number of carbonyl (C=O) groups excluding carboxylic acids is 1. The van der Waals surface area contributed by atoms with E-state index in [0.29, 0.717) is 42.8 Å². The van der Waals surface area contributed by atoms with Gasteiger partial charge in [0.25, 0.3) is 0 Å². The number of benzene rings is 1. The molecule has 1 aliphatic rings. The van der Waals surface area contributed by atoms with Crippen LogP contribution in [0.15, 0.2) is 43.0 Å². The summed E-state index contributed by atoms with van der Waals surface area (Å²) >= 11 is 0. The topological polar surface area (TPSA) is 119 Å². The average Bonchev–Trinajstić information content (AvgIpc) is 3.30. The third-order valence-corrected chi connectivity index (χ3v) is 6.59. The molecule has 0 radical (unpaired) electrons. The Morgan fingerprint density at radius 3 is 2.51 bits per heavy atom. The number of imidazole rings is 1. The highest BCUT2D eigenvalue weighted by molar-refractivity contribution is 5.76. The van der Waals surface area contributed by atoms with Gasteiger partial charge in [0.05, 0.1) is 12.0 Å². The lowest BCUT2D eigenvalue weighted by Crippen LogP contribution is -2.37. The summed E-state index contributed by atoms with van der Waals surface area (Å²) in [5.74, 6) is -0.683. The lowest BCUT2D eigenvalue weighted by Gasteiger charge is -2.36. The summed E-state index contributed by atoms with van der Waals surface area (Å²) in [6.07, 6.45) is 2.42. The number of anilines is 2. The quantitative estimate of drug-likeness (QED) is 0.478. The van der Waals surface area contributed by atoms with Crippen molar-refractivity contribution in [2.75, 3.05) is 5.32 Å². The van der Waals surface area contributed by atoms with E-state index in [9.17, 15) is 23.1 Å². The van der Waals surface area contributed by atoms with Crippen molar-refractivity contribution in [3.8, 4) is 5.69 Å². The first-order valence-corrected chi connectivity index (χ1v) is 11.3. The van der Waals surface area contributed by atoms with Gasteiger partial charge in [-0.05, 0) is 75.3 Å². The van der Waals surface area contributed by atoms with Crippen molar-refractivity contribution in [3.63, 3.8) is 0 Å². The molecule has 0 bridgehead atoms. The molecule has 0 saturated heterocycles. The van der Waals surface area contributed by atoms with E-state index in [4.69, 9.17) is 5.73 Å². The number of nitrogens with zero attached hydrogens (tertiary/aromatic N) is 4. The van der Waals surface area contributed by atoms with Gasteiger partial charge in [-0.1, -0.05) is 0 Å². The normalized spacial score (nSPS) is 20.3. The molecule has 11 heteroatoms. The van der Waals surface area contributed by atoms with E-state index in [1.165, 1.54) is 0 Å². The van der Waals surface area contributed by atoms with Crippen LogP contribution in [0.25, 0.3) is 5.69 Å². The van der Waals surface area contributed by atoms with Gasteiger partial charge in [-0.3, -0.25) is 4.79 Å². The van der Waals surface area contributed by atoms with Crippen LogP contribution in [0.5, 0.6) is 0 Å². The second kappa shape index (κ2) is 9.29. The summed E-state index contributed by atoms with van der Waals surface area (Å²) in [6.45, 7) is 3.58. The molecule has 1 saturated carbocycles. The number of aryl methyl sites for hydroxylation is 1. The zero-order valence-electron chi connectivity index (χ0n) is 19.4. The summed E-state index contributed by atoms with van der Waals surface area (Å²) in [7, 11) is 0. The summed E-state index contributed by atoms with van der Waals surface area (Å²) in [4.78, 5) is 23.3. The van der Waals surface area contributed by atoms with Crippen LogP contribution in [0.4, 0.5) is 24.8 Å². The molecule has 1 fully saturated rings. The van der Waals surface area contributed by atoms with Crippen LogP contribution in [-0.2, 0) is 16.6 Å². The molecule has 1 unspecified atom stereocenters. The van der Waals surface area contributed by atoms with Crippen LogP contribution >= 0.6 is 0 Å². The van der Waals surface area contributed by atoms with Crippen LogP contribution < -0.4 is 11.1 Å². The Balaban J connectivity index is 1.54. The maximum atomic E-state index is 13.0. The number of primary amides is 1. The number of aliphatic hydroxyl groups is 1. The number of carbonyl (C=O) groups is 1. The van der Waals surface area contributed by atoms with Crippen molar-refractivity contribution in [1.29, 1.82) is 0 Å². The average molecular weight is 489 g/mol. The monoisotopic (exact) mass is 488 g/mol. The first kappa shape index (κ1) is 24.6. The Hall–Kier alpha value is -3.47. The fourth-order valence-corrected chi connectivity index (χ4v) is 4.56. The number of alkyl halides is 3. The smallest absolute Gasteiger partial charge is 0.383 e. The van der Waals surface area contributed by atoms with Crippen molar-refractivity contribution in [1.82, 2.24) is 19.5 Å². The lowest BCUT2D eigenvalue weighted by atomic mass is 9.73. The van der Waals surface area contributed by atoms with Gasteiger partial charge in [0.1, 0.15) is 11.3 Å². The molecule has 8 nitrogen and oxygen atoms in total. The van der Waals surface area contributed by atoms with E-state index in [0.717, 1.165) is 17.8 Å². The van der Waals surface area contributed by atoms with Crippen LogP contribution in [0.3, 0.4) is 0 Å². The summed E-state index contributed by atoms with van der Waals surface area (Å²) in [6, 6.07) is 6.19. The Kier molecular flexibility index (Phi) is 6.54. The summed E-state index contributed by atoms with van der Waals surface area (Å²) in [5, 5.41) is 14.1. The first-order chi connectivity index (χ1) is 16.4. The van der Waals surface area contributed by atoms with Crippen LogP contribution in [0.2, 0.25) is 0 Å². The van der Waals surface area contributed by atoms with Gasteiger partial charge in [0.15, 0.2) is 0 Å². The predicted octanol–water partition coefficient (Wildman–Crippen LogP) is 4.23. The maximum absolute atomic E-state index is 13.0. The number of rotatable bonds is 6. The number of hydrogen-bond acceptors (Lipinski definition) is 6. The first-order valence-electron chi connectivity index (χ1n) is 11.3. The number of amides is 1. The zero-order valence-corrected chi connectivity index (χ0v) is 19.4. The molecule has 4 rings (SSSR count). The number of hydrogen-bond donors (Lipinski definition) is 3. The second-order valence-electron chi connectivity index (χ2n) is 9.21. The van der Waals surface area contributed by atoms with E-state index in [-0.39, 0.29) is 23.7 Å². The van der Waals surface area contributed by atoms with Crippen LogP contribution in [0, 0.1) is 18.8 Å². The third kappa shape index (κ3) is 5.45. The number of halogens is 3. The Morgan fingerprint density at radius 1 is 1.14 bits per heavy atom. The van der Waals surface area contributed by atoms with E-state index < -0.39 is 17.5 Å². The largest absolute Gasteiger partial charge is 0.433 e. The molecule has 1 atom stereocenters. The molecule has 2 aromatic heterocycles.